The first-order valence-corrected chi connectivity index (χ1v) is 4.70. The van der Waals surface area contributed by atoms with Gasteiger partial charge in [0, 0.05) is 12.0 Å². The summed E-state index contributed by atoms with van der Waals surface area (Å²) >= 11 is 0. The Labute approximate surface area is 84.5 Å². The third kappa shape index (κ3) is 2.50. The zero-order valence-electron chi connectivity index (χ0n) is 7.97. The standard InChI is InChI=1S/C9H11F3N2O/c10-9(11,12)7-14-5-6(15-7)1-2-8(13)3-4-8/h5H,1-4,13H2. The molecule has 2 rings (SSSR count). The molecule has 1 heterocycles. The van der Waals surface area contributed by atoms with E-state index in [1.807, 2.05) is 0 Å². The lowest BCUT2D eigenvalue weighted by Gasteiger charge is -2.05. The molecule has 1 saturated carbocycles. The number of alkyl halides is 3. The minimum atomic E-state index is -4.50. The van der Waals surface area contributed by atoms with Crippen LogP contribution in [0.25, 0.3) is 0 Å². The van der Waals surface area contributed by atoms with Crippen LogP contribution in [0.3, 0.4) is 0 Å². The number of aromatic nitrogens is 1. The Balaban J connectivity index is 1.95. The van der Waals surface area contributed by atoms with Crippen molar-refractivity contribution in [2.75, 3.05) is 0 Å². The Morgan fingerprint density at radius 3 is 2.60 bits per heavy atom. The van der Waals surface area contributed by atoms with Gasteiger partial charge in [-0.25, -0.2) is 4.98 Å². The summed E-state index contributed by atoms with van der Waals surface area (Å²) in [7, 11) is 0. The lowest BCUT2D eigenvalue weighted by atomic mass is 10.1. The van der Waals surface area contributed by atoms with Crippen LogP contribution in [-0.4, -0.2) is 10.5 Å². The fourth-order valence-corrected chi connectivity index (χ4v) is 1.34. The third-order valence-electron chi connectivity index (χ3n) is 2.56. The molecule has 0 saturated heterocycles. The number of oxazole rings is 1. The van der Waals surface area contributed by atoms with Crippen molar-refractivity contribution in [3.05, 3.63) is 17.8 Å². The smallest absolute Gasteiger partial charge is 0.438 e. The largest absolute Gasteiger partial charge is 0.468 e. The van der Waals surface area contributed by atoms with Gasteiger partial charge in [-0.15, -0.1) is 0 Å². The summed E-state index contributed by atoms with van der Waals surface area (Å²) in [6.45, 7) is 0. The van der Waals surface area contributed by atoms with Crippen molar-refractivity contribution in [1.29, 1.82) is 0 Å². The van der Waals surface area contributed by atoms with Gasteiger partial charge < -0.3 is 10.2 Å². The van der Waals surface area contributed by atoms with Crippen LogP contribution in [0.1, 0.15) is 30.9 Å². The van der Waals surface area contributed by atoms with Gasteiger partial charge in [-0.3, -0.25) is 0 Å². The summed E-state index contributed by atoms with van der Waals surface area (Å²) in [5.74, 6) is -0.932. The Morgan fingerprint density at radius 2 is 2.13 bits per heavy atom. The quantitative estimate of drug-likeness (QED) is 0.848. The van der Waals surface area contributed by atoms with Crippen LogP contribution in [-0.2, 0) is 12.6 Å². The van der Waals surface area contributed by atoms with Crippen LogP contribution in [0.5, 0.6) is 0 Å². The molecule has 15 heavy (non-hydrogen) atoms. The van der Waals surface area contributed by atoms with Crippen molar-refractivity contribution in [3.63, 3.8) is 0 Å². The number of hydrogen-bond donors (Lipinski definition) is 1. The fraction of sp³-hybridized carbons (Fsp3) is 0.667. The van der Waals surface area contributed by atoms with E-state index in [0.717, 1.165) is 19.0 Å². The van der Waals surface area contributed by atoms with Crippen molar-refractivity contribution in [2.45, 2.75) is 37.4 Å². The maximum atomic E-state index is 12.1. The van der Waals surface area contributed by atoms with Crippen molar-refractivity contribution in [2.24, 2.45) is 5.73 Å². The minimum Gasteiger partial charge on any atom is -0.438 e. The lowest BCUT2D eigenvalue weighted by molar-refractivity contribution is -0.157. The molecule has 0 aliphatic heterocycles. The highest BCUT2D eigenvalue weighted by Crippen LogP contribution is 2.37. The zero-order valence-corrected chi connectivity index (χ0v) is 7.97. The zero-order chi connectivity index (χ0) is 11.1. The predicted octanol–water partition coefficient (Wildman–Crippen LogP) is 2.12. The van der Waals surface area contributed by atoms with E-state index in [4.69, 9.17) is 5.73 Å². The van der Waals surface area contributed by atoms with Crippen LogP contribution in [0, 0.1) is 0 Å². The molecule has 0 spiro atoms. The van der Waals surface area contributed by atoms with Crippen molar-refractivity contribution < 1.29 is 17.6 Å². The number of halogens is 3. The average Bonchev–Trinajstić information content (AvgIpc) is 2.66. The van der Waals surface area contributed by atoms with E-state index in [9.17, 15) is 13.2 Å². The Hall–Kier alpha value is -1.04. The van der Waals surface area contributed by atoms with Gasteiger partial charge in [0.1, 0.15) is 5.76 Å². The van der Waals surface area contributed by atoms with Crippen molar-refractivity contribution in [3.8, 4) is 0 Å². The molecule has 0 amide bonds. The number of rotatable bonds is 3. The van der Waals surface area contributed by atoms with Crippen molar-refractivity contribution >= 4 is 0 Å². The molecule has 1 fully saturated rings. The second-order valence-corrected chi connectivity index (χ2v) is 3.99. The second kappa shape index (κ2) is 3.23. The molecule has 6 heteroatoms. The first-order chi connectivity index (χ1) is 6.89. The summed E-state index contributed by atoms with van der Waals surface area (Å²) in [6.07, 6.45) is -0.438. The topological polar surface area (TPSA) is 52.0 Å². The van der Waals surface area contributed by atoms with Gasteiger partial charge in [-0.05, 0) is 19.3 Å². The van der Waals surface area contributed by atoms with E-state index in [2.05, 4.69) is 9.40 Å². The van der Waals surface area contributed by atoms with E-state index in [-0.39, 0.29) is 11.3 Å². The molecule has 0 atom stereocenters. The molecular weight excluding hydrogens is 209 g/mol. The highest BCUT2D eigenvalue weighted by molar-refractivity contribution is 5.03. The molecule has 0 radical (unpaired) electrons. The van der Waals surface area contributed by atoms with Crippen LogP contribution < -0.4 is 5.73 Å². The average molecular weight is 220 g/mol. The minimum absolute atomic E-state index is 0.175. The molecule has 0 bridgehead atoms. The SMILES string of the molecule is NC1(CCc2cnc(C(F)(F)F)o2)CC1. The first-order valence-electron chi connectivity index (χ1n) is 4.70. The maximum absolute atomic E-state index is 12.1. The molecule has 84 valence electrons. The molecule has 2 N–H and O–H groups in total. The molecular formula is C9H11F3N2O. The molecule has 1 aliphatic carbocycles. The van der Waals surface area contributed by atoms with Gasteiger partial charge in [-0.1, -0.05) is 0 Å². The molecule has 0 aromatic carbocycles. The monoisotopic (exact) mass is 220 g/mol. The van der Waals surface area contributed by atoms with Crippen LogP contribution in [0.15, 0.2) is 10.6 Å². The summed E-state index contributed by atoms with van der Waals surface area (Å²) in [6, 6.07) is 0. The van der Waals surface area contributed by atoms with E-state index in [1.54, 1.807) is 0 Å². The van der Waals surface area contributed by atoms with E-state index in [1.165, 1.54) is 0 Å². The summed E-state index contributed by atoms with van der Waals surface area (Å²) < 4.78 is 40.9. The van der Waals surface area contributed by atoms with Gasteiger partial charge in [0.05, 0.1) is 6.20 Å². The number of hydrogen-bond acceptors (Lipinski definition) is 3. The van der Waals surface area contributed by atoms with Gasteiger partial charge >= 0.3 is 12.1 Å². The summed E-state index contributed by atoms with van der Waals surface area (Å²) in [4.78, 5) is 3.18. The normalized spacial score (nSPS) is 19.2. The second-order valence-electron chi connectivity index (χ2n) is 3.99. The highest BCUT2D eigenvalue weighted by atomic mass is 19.4. The molecule has 1 aliphatic rings. The lowest BCUT2D eigenvalue weighted by Crippen LogP contribution is -2.21. The Kier molecular flexibility index (Phi) is 2.26. The Bertz CT molecular complexity index is 354. The van der Waals surface area contributed by atoms with Crippen LogP contribution in [0.2, 0.25) is 0 Å². The third-order valence-corrected chi connectivity index (χ3v) is 2.56. The number of aryl methyl sites for hydroxylation is 1. The number of nitrogens with zero attached hydrogens (tertiary/aromatic N) is 1. The molecule has 0 unspecified atom stereocenters. The number of nitrogens with two attached hydrogens (primary N) is 1. The molecule has 1 aromatic heterocycles. The molecule has 3 nitrogen and oxygen atoms in total. The summed E-state index contributed by atoms with van der Waals surface area (Å²) in [5, 5.41) is 0. The predicted molar refractivity (Wildman–Crippen MR) is 46.0 cm³/mol. The van der Waals surface area contributed by atoms with Gasteiger partial charge in [0.25, 0.3) is 0 Å². The van der Waals surface area contributed by atoms with E-state index < -0.39 is 12.1 Å². The van der Waals surface area contributed by atoms with E-state index >= 15 is 0 Å². The Morgan fingerprint density at radius 1 is 1.47 bits per heavy atom. The van der Waals surface area contributed by atoms with E-state index in [0.29, 0.717) is 12.8 Å². The maximum Gasteiger partial charge on any atom is 0.468 e. The summed E-state index contributed by atoms with van der Waals surface area (Å²) in [5.41, 5.74) is 5.63. The molecule has 1 aromatic rings. The first kappa shape index (κ1) is 10.5. The van der Waals surface area contributed by atoms with Crippen LogP contribution >= 0.6 is 0 Å². The van der Waals surface area contributed by atoms with Gasteiger partial charge in [0.2, 0.25) is 0 Å². The van der Waals surface area contributed by atoms with Crippen molar-refractivity contribution in [1.82, 2.24) is 4.98 Å². The van der Waals surface area contributed by atoms with Gasteiger partial charge in [0.15, 0.2) is 0 Å². The van der Waals surface area contributed by atoms with Gasteiger partial charge in [-0.2, -0.15) is 13.2 Å². The highest BCUT2D eigenvalue weighted by Gasteiger charge is 2.39. The van der Waals surface area contributed by atoms with Crippen LogP contribution in [0.4, 0.5) is 13.2 Å². The fourth-order valence-electron chi connectivity index (χ4n) is 1.34.